The summed E-state index contributed by atoms with van der Waals surface area (Å²) >= 11 is 0. The van der Waals surface area contributed by atoms with Gasteiger partial charge in [-0.3, -0.25) is 14.9 Å². The van der Waals surface area contributed by atoms with Gasteiger partial charge in [-0.25, -0.2) is 4.79 Å². The van der Waals surface area contributed by atoms with Gasteiger partial charge < -0.3 is 15.0 Å². The van der Waals surface area contributed by atoms with Crippen LogP contribution in [0.25, 0.3) is 0 Å². The largest absolute Gasteiger partial charge is 0.412 e. The third-order valence-electron chi connectivity index (χ3n) is 3.52. The molecule has 0 aliphatic carbocycles. The molecule has 1 aliphatic heterocycles. The van der Waals surface area contributed by atoms with Crippen molar-refractivity contribution in [1.29, 1.82) is 0 Å². The number of rotatable bonds is 3. The van der Waals surface area contributed by atoms with Crippen LogP contribution in [0.1, 0.15) is 19.8 Å². The Morgan fingerprint density at radius 2 is 1.86 bits per heavy atom. The van der Waals surface area contributed by atoms with E-state index in [0.29, 0.717) is 25.9 Å². The zero-order valence-corrected chi connectivity index (χ0v) is 12.2. The van der Waals surface area contributed by atoms with Gasteiger partial charge in [0.2, 0.25) is 5.91 Å². The van der Waals surface area contributed by atoms with E-state index >= 15 is 0 Å². The summed E-state index contributed by atoms with van der Waals surface area (Å²) in [5, 5.41) is 13.3. The third kappa shape index (κ3) is 4.18. The fourth-order valence-corrected chi connectivity index (χ4v) is 2.28. The first kappa shape index (κ1) is 15.7. The van der Waals surface area contributed by atoms with E-state index in [1.165, 1.54) is 31.2 Å². The second kappa shape index (κ2) is 6.88. The van der Waals surface area contributed by atoms with E-state index in [1.807, 2.05) is 0 Å². The highest BCUT2D eigenvalue weighted by Crippen LogP contribution is 2.17. The smallest absolute Gasteiger partial charge is 0.410 e. The molecule has 8 nitrogen and oxygen atoms in total. The number of benzene rings is 1. The van der Waals surface area contributed by atoms with Crippen LogP contribution in [0.3, 0.4) is 0 Å². The molecule has 0 atom stereocenters. The van der Waals surface area contributed by atoms with E-state index in [9.17, 15) is 19.7 Å². The molecule has 1 heterocycles. The maximum Gasteiger partial charge on any atom is 0.412 e. The molecule has 2 rings (SSSR count). The van der Waals surface area contributed by atoms with Gasteiger partial charge in [0.1, 0.15) is 5.75 Å². The lowest BCUT2D eigenvalue weighted by Crippen LogP contribution is -2.46. The van der Waals surface area contributed by atoms with Crippen molar-refractivity contribution in [1.82, 2.24) is 10.2 Å². The molecular formula is C14H17N3O5. The van der Waals surface area contributed by atoms with E-state index in [2.05, 4.69) is 5.32 Å². The molecule has 0 spiro atoms. The zero-order chi connectivity index (χ0) is 16.1. The monoisotopic (exact) mass is 307 g/mol. The number of non-ortho nitro benzene ring substituents is 1. The summed E-state index contributed by atoms with van der Waals surface area (Å²) in [6.07, 6.45) is 0.749. The van der Waals surface area contributed by atoms with Crippen molar-refractivity contribution in [3.05, 3.63) is 34.4 Å². The molecule has 0 bridgehead atoms. The van der Waals surface area contributed by atoms with Crippen LogP contribution in [0.5, 0.6) is 5.75 Å². The summed E-state index contributed by atoms with van der Waals surface area (Å²) in [6, 6.07) is 5.25. The van der Waals surface area contributed by atoms with Crippen molar-refractivity contribution < 1.29 is 19.2 Å². The minimum absolute atomic E-state index is 0.0342. The SMILES string of the molecule is CC(=O)N1CCC(NC(=O)Oc2ccc([N+](=O)[O-])cc2)CC1. The maximum atomic E-state index is 11.8. The number of carbonyl (C=O) groups is 2. The molecule has 22 heavy (non-hydrogen) atoms. The average molecular weight is 307 g/mol. The molecule has 1 aromatic rings. The number of likely N-dealkylation sites (tertiary alicyclic amines) is 1. The predicted molar refractivity (Wildman–Crippen MR) is 77.5 cm³/mol. The van der Waals surface area contributed by atoms with Crippen LogP contribution in [0.4, 0.5) is 10.5 Å². The van der Waals surface area contributed by atoms with E-state index in [0.717, 1.165) is 0 Å². The molecule has 2 amide bonds. The van der Waals surface area contributed by atoms with Crippen molar-refractivity contribution in [2.75, 3.05) is 13.1 Å². The van der Waals surface area contributed by atoms with Crippen molar-refractivity contribution in [2.24, 2.45) is 0 Å². The van der Waals surface area contributed by atoms with Crippen molar-refractivity contribution in [2.45, 2.75) is 25.8 Å². The molecule has 0 unspecified atom stereocenters. The Morgan fingerprint density at radius 1 is 1.27 bits per heavy atom. The Hall–Kier alpha value is -2.64. The molecule has 0 radical (unpaired) electrons. The number of nitrogens with zero attached hydrogens (tertiary/aromatic N) is 2. The highest BCUT2D eigenvalue weighted by atomic mass is 16.6. The topological polar surface area (TPSA) is 102 Å². The molecule has 1 fully saturated rings. The molecule has 1 aromatic carbocycles. The standard InChI is InChI=1S/C14H17N3O5/c1-10(18)16-8-6-11(7-9-16)15-14(19)22-13-4-2-12(3-5-13)17(20)21/h2-5,11H,6-9H2,1H3,(H,15,19). The summed E-state index contributed by atoms with van der Waals surface area (Å²) in [5.74, 6) is 0.274. The van der Waals surface area contributed by atoms with E-state index in [-0.39, 0.29) is 23.4 Å². The summed E-state index contributed by atoms with van der Waals surface area (Å²) < 4.78 is 5.07. The Labute approximate surface area is 127 Å². The Balaban J connectivity index is 1.81. The Morgan fingerprint density at radius 3 is 2.36 bits per heavy atom. The third-order valence-corrected chi connectivity index (χ3v) is 3.52. The van der Waals surface area contributed by atoms with Crippen LogP contribution >= 0.6 is 0 Å². The molecule has 1 saturated heterocycles. The number of hydrogen-bond acceptors (Lipinski definition) is 5. The number of nitrogens with one attached hydrogen (secondary N) is 1. The Kier molecular flexibility index (Phi) is 4.92. The van der Waals surface area contributed by atoms with Gasteiger partial charge in [0.25, 0.3) is 5.69 Å². The van der Waals surface area contributed by atoms with Gasteiger partial charge in [0, 0.05) is 38.2 Å². The fourth-order valence-electron chi connectivity index (χ4n) is 2.28. The quantitative estimate of drug-likeness (QED) is 0.676. The molecular weight excluding hydrogens is 290 g/mol. The lowest BCUT2D eigenvalue weighted by atomic mass is 10.1. The van der Waals surface area contributed by atoms with E-state index in [4.69, 9.17) is 4.74 Å². The molecule has 118 valence electrons. The number of nitro groups is 1. The second-order valence-corrected chi connectivity index (χ2v) is 5.07. The molecule has 8 heteroatoms. The van der Waals surface area contributed by atoms with E-state index in [1.54, 1.807) is 4.90 Å². The molecule has 0 aromatic heterocycles. The van der Waals surface area contributed by atoms with Crippen LogP contribution in [-0.2, 0) is 4.79 Å². The molecule has 1 N–H and O–H groups in total. The number of hydrogen-bond donors (Lipinski definition) is 1. The van der Waals surface area contributed by atoms with Crippen LogP contribution in [0.2, 0.25) is 0 Å². The number of carbonyl (C=O) groups excluding carboxylic acids is 2. The first-order valence-corrected chi connectivity index (χ1v) is 6.94. The fraction of sp³-hybridized carbons (Fsp3) is 0.429. The van der Waals surface area contributed by atoms with Crippen LogP contribution in [0.15, 0.2) is 24.3 Å². The molecule has 0 saturated carbocycles. The van der Waals surface area contributed by atoms with Crippen molar-refractivity contribution >= 4 is 17.7 Å². The normalized spacial score (nSPS) is 15.2. The van der Waals surface area contributed by atoms with E-state index < -0.39 is 11.0 Å². The summed E-state index contributed by atoms with van der Waals surface area (Å²) in [6.45, 7) is 2.74. The van der Waals surface area contributed by atoms with Crippen molar-refractivity contribution in [3.63, 3.8) is 0 Å². The summed E-state index contributed by atoms with van der Waals surface area (Å²) in [5.41, 5.74) is -0.0654. The van der Waals surface area contributed by atoms with Gasteiger partial charge in [0.15, 0.2) is 0 Å². The first-order chi connectivity index (χ1) is 10.5. The predicted octanol–water partition coefficient (Wildman–Crippen LogP) is 1.69. The van der Waals surface area contributed by atoms with Gasteiger partial charge in [-0.15, -0.1) is 0 Å². The number of piperidine rings is 1. The summed E-state index contributed by atoms with van der Waals surface area (Å²) in [4.78, 5) is 34.7. The maximum absolute atomic E-state index is 11.8. The minimum Gasteiger partial charge on any atom is -0.410 e. The highest BCUT2D eigenvalue weighted by molar-refractivity contribution is 5.73. The van der Waals surface area contributed by atoms with Crippen LogP contribution < -0.4 is 10.1 Å². The minimum atomic E-state index is -0.602. The lowest BCUT2D eigenvalue weighted by Gasteiger charge is -2.31. The number of amides is 2. The van der Waals surface area contributed by atoms with Gasteiger partial charge in [0.05, 0.1) is 4.92 Å². The molecule has 1 aliphatic rings. The van der Waals surface area contributed by atoms with Gasteiger partial charge in [-0.1, -0.05) is 0 Å². The number of nitro benzene ring substituents is 1. The number of ether oxygens (including phenoxy) is 1. The summed E-state index contributed by atoms with van der Waals surface area (Å²) in [7, 11) is 0. The second-order valence-electron chi connectivity index (χ2n) is 5.07. The highest BCUT2D eigenvalue weighted by Gasteiger charge is 2.22. The Bertz CT molecular complexity index is 564. The van der Waals surface area contributed by atoms with Crippen LogP contribution in [-0.4, -0.2) is 41.0 Å². The average Bonchev–Trinajstić information content (AvgIpc) is 2.48. The van der Waals surface area contributed by atoms with Gasteiger partial charge in [-0.05, 0) is 25.0 Å². The van der Waals surface area contributed by atoms with Crippen LogP contribution in [0, 0.1) is 10.1 Å². The van der Waals surface area contributed by atoms with Crippen molar-refractivity contribution in [3.8, 4) is 5.75 Å². The lowest BCUT2D eigenvalue weighted by molar-refractivity contribution is -0.384. The van der Waals surface area contributed by atoms with Gasteiger partial charge in [-0.2, -0.15) is 0 Å². The first-order valence-electron chi connectivity index (χ1n) is 6.94. The zero-order valence-electron chi connectivity index (χ0n) is 12.2. The van der Waals surface area contributed by atoms with Gasteiger partial charge >= 0.3 is 6.09 Å².